The third kappa shape index (κ3) is 3.48. The molecule has 1 fully saturated rings. The molecule has 0 atom stereocenters. The van der Waals surface area contributed by atoms with Crippen LogP contribution < -0.4 is 5.32 Å². The average molecular weight is 329 g/mol. The minimum Gasteiger partial charge on any atom is -0.349 e. The van der Waals surface area contributed by atoms with Crippen LogP contribution in [0.5, 0.6) is 0 Å². The molecule has 0 saturated heterocycles. The van der Waals surface area contributed by atoms with Crippen LogP contribution in [0.4, 0.5) is 0 Å². The van der Waals surface area contributed by atoms with E-state index in [1.165, 1.54) is 12.8 Å². The Hall–Kier alpha value is -0.550. The van der Waals surface area contributed by atoms with Crippen LogP contribution in [0, 0.1) is 0 Å². The molecule has 0 radical (unpaired) electrons. The highest BCUT2D eigenvalue weighted by atomic mass is 79.9. The molecule has 1 aliphatic rings. The van der Waals surface area contributed by atoms with E-state index in [0.29, 0.717) is 16.2 Å². The second kappa shape index (κ2) is 6.57. The summed E-state index contributed by atoms with van der Waals surface area (Å²) in [5.41, 5.74) is 0.615. The highest BCUT2D eigenvalue weighted by molar-refractivity contribution is 9.10. The van der Waals surface area contributed by atoms with Gasteiger partial charge < -0.3 is 5.32 Å². The highest BCUT2D eigenvalue weighted by Crippen LogP contribution is 2.27. The summed E-state index contributed by atoms with van der Waals surface area (Å²) in [6, 6.07) is 3.89. The molecule has 0 bridgehead atoms. The maximum atomic E-state index is 12.1. The zero-order valence-electron chi connectivity index (χ0n) is 10.4. The van der Waals surface area contributed by atoms with Gasteiger partial charge in [-0.2, -0.15) is 11.8 Å². The third-order valence-corrected chi connectivity index (χ3v) is 5.12. The van der Waals surface area contributed by atoms with E-state index in [1.807, 2.05) is 11.8 Å². The fourth-order valence-electron chi connectivity index (χ4n) is 2.26. The van der Waals surface area contributed by atoms with Crippen molar-refractivity contribution >= 4 is 33.6 Å². The van der Waals surface area contributed by atoms with Crippen molar-refractivity contribution in [3.63, 3.8) is 0 Å². The number of carbonyl (C=O) groups is 1. The van der Waals surface area contributed by atoms with Gasteiger partial charge in [-0.3, -0.25) is 4.79 Å². The molecule has 98 valence electrons. The van der Waals surface area contributed by atoms with E-state index >= 15 is 0 Å². The van der Waals surface area contributed by atoms with Gasteiger partial charge in [0.15, 0.2) is 0 Å². The van der Waals surface area contributed by atoms with Gasteiger partial charge in [-0.25, -0.2) is 4.98 Å². The summed E-state index contributed by atoms with van der Waals surface area (Å²) in [7, 11) is 0. The van der Waals surface area contributed by atoms with Crippen LogP contribution in [0.1, 0.15) is 36.0 Å². The lowest BCUT2D eigenvalue weighted by molar-refractivity contribution is 0.0927. The number of amides is 1. The summed E-state index contributed by atoms with van der Waals surface area (Å²) in [6.45, 7) is 0. The standard InChI is InChI=1S/C13H17BrN2OS/c1-18-10-6-4-9(5-7-10)16-13(17)11-3-2-8-15-12(11)14/h2-3,8-10H,4-7H2,1H3,(H,16,17). The monoisotopic (exact) mass is 328 g/mol. The minimum absolute atomic E-state index is 0.0254. The Morgan fingerprint density at radius 3 is 2.78 bits per heavy atom. The zero-order chi connectivity index (χ0) is 13.0. The summed E-state index contributed by atoms with van der Waals surface area (Å²) in [5, 5.41) is 3.87. The van der Waals surface area contributed by atoms with Gasteiger partial charge in [-0.05, 0) is 60.0 Å². The third-order valence-electron chi connectivity index (χ3n) is 3.35. The van der Waals surface area contributed by atoms with Crippen LogP contribution in [0.3, 0.4) is 0 Å². The topological polar surface area (TPSA) is 42.0 Å². The van der Waals surface area contributed by atoms with Gasteiger partial charge in [0.25, 0.3) is 5.91 Å². The molecule has 0 aliphatic heterocycles. The fraction of sp³-hybridized carbons (Fsp3) is 0.538. The molecule has 3 nitrogen and oxygen atoms in total. The van der Waals surface area contributed by atoms with Gasteiger partial charge in [0.05, 0.1) is 5.56 Å². The van der Waals surface area contributed by atoms with E-state index in [4.69, 9.17) is 0 Å². The number of hydrogen-bond donors (Lipinski definition) is 1. The van der Waals surface area contributed by atoms with E-state index in [9.17, 15) is 4.79 Å². The maximum Gasteiger partial charge on any atom is 0.254 e. The Morgan fingerprint density at radius 2 is 2.17 bits per heavy atom. The smallest absolute Gasteiger partial charge is 0.254 e. The Bertz CT molecular complexity index is 419. The van der Waals surface area contributed by atoms with Crippen molar-refractivity contribution in [2.75, 3.05) is 6.26 Å². The fourth-order valence-corrected chi connectivity index (χ4v) is 3.44. The molecular formula is C13H17BrN2OS. The van der Waals surface area contributed by atoms with E-state index in [2.05, 4.69) is 32.5 Å². The molecule has 1 aromatic rings. The molecule has 0 unspecified atom stereocenters. The van der Waals surface area contributed by atoms with Crippen LogP contribution in [0.25, 0.3) is 0 Å². The molecule has 0 aromatic carbocycles. The Kier molecular flexibility index (Phi) is 5.06. The first-order valence-corrected chi connectivity index (χ1v) is 8.23. The Morgan fingerprint density at radius 1 is 1.44 bits per heavy atom. The number of pyridine rings is 1. The molecule has 1 amide bonds. The number of carbonyl (C=O) groups excluding carboxylic acids is 1. The summed E-state index contributed by atoms with van der Waals surface area (Å²) in [4.78, 5) is 16.2. The number of hydrogen-bond acceptors (Lipinski definition) is 3. The lowest BCUT2D eigenvalue weighted by atomic mass is 9.95. The first-order chi connectivity index (χ1) is 8.70. The van der Waals surface area contributed by atoms with Gasteiger partial charge in [0.1, 0.15) is 4.60 Å². The second-order valence-electron chi connectivity index (χ2n) is 4.52. The quantitative estimate of drug-likeness (QED) is 0.866. The van der Waals surface area contributed by atoms with E-state index in [-0.39, 0.29) is 5.91 Å². The predicted octanol–water partition coefficient (Wildman–Crippen LogP) is 3.25. The predicted molar refractivity (Wildman–Crippen MR) is 79.0 cm³/mol. The highest BCUT2D eigenvalue weighted by Gasteiger charge is 2.22. The molecule has 1 aromatic heterocycles. The first kappa shape index (κ1) is 13.9. The summed E-state index contributed by atoms with van der Waals surface area (Å²) in [5.74, 6) is -0.0254. The number of rotatable bonds is 3. The van der Waals surface area contributed by atoms with Gasteiger partial charge in [0.2, 0.25) is 0 Å². The largest absolute Gasteiger partial charge is 0.349 e. The molecule has 0 spiro atoms. The van der Waals surface area contributed by atoms with Crippen molar-refractivity contribution in [2.45, 2.75) is 37.0 Å². The van der Waals surface area contributed by atoms with Crippen LogP contribution in [-0.4, -0.2) is 28.4 Å². The summed E-state index contributed by atoms with van der Waals surface area (Å²) >= 11 is 5.24. The number of nitrogens with zero attached hydrogens (tertiary/aromatic N) is 1. The van der Waals surface area contributed by atoms with Crippen molar-refractivity contribution in [2.24, 2.45) is 0 Å². The van der Waals surface area contributed by atoms with Gasteiger partial charge in [0, 0.05) is 17.5 Å². The van der Waals surface area contributed by atoms with E-state index < -0.39 is 0 Å². The van der Waals surface area contributed by atoms with Crippen molar-refractivity contribution in [3.05, 3.63) is 28.5 Å². The van der Waals surface area contributed by atoms with E-state index in [0.717, 1.165) is 18.1 Å². The molecule has 18 heavy (non-hydrogen) atoms. The summed E-state index contributed by atoms with van der Waals surface area (Å²) < 4.78 is 0.611. The Balaban J connectivity index is 1.91. The zero-order valence-corrected chi connectivity index (χ0v) is 12.8. The molecule has 1 N–H and O–H groups in total. The van der Waals surface area contributed by atoms with Crippen LogP contribution in [0.15, 0.2) is 22.9 Å². The average Bonchev–Trinajstić information content (AvgIpc) is 2.40. The summed E-state index contributed by atoms with van der Waals surface area (Å²) in [6.07, 6.45) is 8.38. The van der Waals surface area contributed by atoms with Crippen molar-refractivity contribution in [1.82, 2.24) is 10.3 Å². The SMILES string of the molecule is CSC1CCC(NC(=O)c2cccnc2Br)CC1. The molecule has 5 heteroatoms. The van der Waals surface area contributed by atoms with Crippen LogP contribution in [0.2, 0.25) is 0 Å². The minimum atomic E-state index is -0.0254. The molecule has 1 saturated carbocycles. The van der Waals surface area contributed by atoms with Gasteiger partial charge in [-0.1, -0.05) is 0 Å². The van der Waals surface area contributed by atoms with E-state index in [1.54, 1.807) is 18.3 Å². The van der Waals surface area contributed by atoms with Crippen molar-refractivity contribution in [1.29, 1.82) is 0 Å². The van der Waals surface area contributed by atoms with Crippen molar-refractivity contribution < 1.29 is 4.79 Å². The van der Waals surface area contributed by atoms with Gasteiger partial charge >= 0.3 is 0 Å². The van der Waals surface area contributed by atoms with Gasteiger partial charge in [-0.15, -0.1) is 0 Å². The van der Waals surface area contributed by atoms with Crippen LogP contribution >= 0.6 is 27.7 Å². The maximum absolute atomic E-state index is 12.1. The van der Waals surface area contributed by atoms with Crippen molar-refractivity contribution in [3.8, 4) is 0 Å². The lowest BCUT2D eigenvalue weighted by Crippen LogP contribution is -2.38. The van der Waals surface area contributed by atoms with Crippen LogP contribution in [-0.2, 0) is 0 Å². The molecule has 1 heterocycles. The number of aromatic nitrogens is 1. The molecular weight excluding hydrogens is 312 g/mol. The first-order valence-electron chi connectivity index (χ1n) is 6.15. The number of nitrogens with one attached hydrogen (secondary N) is 1. The number of halogens is 1. The molecule has 2 rings (SSSR count). The lowest BCUT2D eigenvalue weighted by Gasteiger charge is -2.28. The normalized spacial score (nSPS) is 23.7. The Labute approximate surface area is 120 Å². The molecule has 1 aliphatic carbocycles. The second-order valence-corrected chi connectivity index (χ2v) is 6.41. The number of thioether (sulfide) groups is 1.